The van der Waals surface area contributed by atoms with Crippen LogP contribution in [-0.4, -0.2) is 6.54 Å². The molecule has 2 aromatic rings. The lowest BCUT2D eigenvalue weighted by Gasteiger charge is -2.02. The molecular formula is C12H14N2. The molecule has 0 bridgehead atoms. The van der Waals surface area contributed by atoms with E-state index in [0.717, 1.165) is 13.0 Å². The second kappa shape index (κ2) is 4.22. The zero-order chi connectivity index (χ0) is 9.80. The number of hydrogen-bond acceptors (Lipinski definition) is 2. The zero-order valence-corrected chi connectivity index (χ0v) is 8.03. The van der Waals surface area contributed by atoms with Crippen LogP contribution >= 0.6 is 0 Å². The number of benzene rings is 2. The van der Waals surface area contributed by atoms with Gasteiger partial charge < -0.3 is 0 Å². The van der Waals surface area contributed by atoms with E-state index in [4.69, 9.17) is 5.84 Å². The Morgan fingerprint density at radius 2 is 1.79 bits per heavy atom. The van der Waals surface area contributed by atoms with Gasteiger partial charge in [0.05, 0.1) is 0 Å². The van der Waals surface area contributed by atoms with Crippen molar-refractivity contribution in [2.75, 3.05) is 6.54 Å². The summed E-state index contributed by atoms with van der Waals surface area (Å²) >= 11 is 0. The molecule has 2 heteroatoms. The highest BCUT2D eigenvalue weighted by Crippen LogP contribution is 2.15. The van der Waals surface area contributed by atoms with Gasteiger partial charge in [-0.3, -0.25) is 11.3 Å². The Labute approximate surface area is 83.7 Å². The van der Waals surface area contributed by atoms with Crippen molar-refractivity contribution >= 4 is 10.8 Å². The smallest absolute Gasteiger partial charge is 0.0138 e. The van der Waals surface area contributed by atoms with Crippen molar-refractivity contribution in [3.05, 3.63) is 48.0 Å². The minimum atomic E-state index is 0.818. The summed E-state index contributed by atoms with van der Waals surface area (Å²) in [7, 11) is 0. The van der Waals surface area contributed by atoms with Crippen LogP contribution in [0.4, 0.5) is 0 Å². The molecule has 0 unspecified atom stereocenters. The van der Waals surface area contributed by atoms with E-state index in [0.29, 0.717) is 0 Å². The summed E-state index contributed by atoms with van der Waals surface area (Å²) in [4.78, 5) is 0. The normalized spacial score (nSPS) is 10.6. The number of fused-ring (bicyclic) bond motifs is 1. The van der Waals surface area contributed by atoms with Gasteiger partial charge in [-0.05, 0) is 22.8 Å². The topological polar surface area (TPSA) is 38.0 Å². The molecule has 0 aliphatic heterocycles. The molecule has 0 heterocycles. The molecular weight excluding hydrogens is 172 g/mol. The largest absolute Gasteiger partial charge is 0.271 e. The van der Waals surface area contributed by atoms with Gasteiger partial charge in [-0.25, -0.2) is 0 Å². The summed E-state index contributed by atoms with van der Waals surface area (Å²) in [5, 5.41) is 2.58. The van der Waals surface area contributed by atoms with Crippen molar-refractivity contribution in [3.63, 3.8) is 0 Å². The van der Waals surface area contributed by atoms with Crippen LogP contribution in [0.15, 0.2) is 42.5 Å². The average molecular weight is 186 g/mol. The van der Waals surface area contributed by atoms with E-state index in [2.05, 4.69) is 47.9 Å². The van der Waals surface area contributed by atoms with Crippen LogP contribution in [0.25, 0.3) is 10.8 Å². The maximum atomic E-state index is 5.24. The minimum Gasteiger partial charge on any atom is -0.271 e. The number of hydrogen-bond donors (Lipinski definition) is 2. The molecule has 2 rings (SSSR count). The van der Waals surface area contributed by atoms with Crippen molar-refractivity contribution < 1.29 is 0 Å². The number of nitrogens with two attached hydrogens (primary N) is 1. The van der Waals surface area contributed by atoms with Crippen LogP contribution in [0.3, 0.4) is 0 Å². The summed E-state index contributed by atoms with van der Waals surface area (Å²) in [6, 6.07) is 14.9. The summed E-state index contributed by atoms with van der Waals surface area (Å²) < 4.78 is 0. The minimum absolute atomic E-state index is 0.818. The fourth-order valence-electron chi connectivity index (χ4n) is 1.61. The molecule has 0 saturated carbocycles. The summed E-state index contributed by atoms with van der Waals surface area (Å²) in [5.74, 6) is 5.24. The first-order valence-electron chi connectivity index (χ1n) is 4.81. The van der Waals surface area contributed by atoms with Crippen LogP contribution in [0.5, 0.6) is 0 Å². The SMILES string of the molecule is NNCCc1ccc2ccccc2c1. The van der Waals surface area contributed by atoms with Crippen molar-refractivity contribution in [3.8, 4) is 0 Å². The van der Waals surface area contributed by atoms with Gasteiger partial charge in [0.1, 0.15) is 0 Å². The second-order valence-corrected chi connectivity index (χ2v) is 3.39. The van der Waals surface area contributed by atoms with Gasteiger partial charge in [0, 0.05) is 6.54 Å². The van der Waals surface area contributed by atoms with Crippen LogP contribution in [0, 0.1) is 0 Å². The molecule has 2 nitrogen and oxygen atoms in total. The van der Waals surface area contributed by atoms with Gasteiger partial charge in [0.25, 0.3) is 0 Å². The third-order valence-electron chi connectivity index (χ3n) is 2.37. The summed E-state index contributed by atoms with van der Waals surface area (Å²) in [6.45, 7) is 0.818. The fraction of sp³-hybridized carbons (Fsp3) is 0.167. The molecule has 0 aliphatic rings. The average Bonchev–Trinajstić information content (AvgIpc) is 2.26. The Bertz CT molecular complexity index is 423. The van der Waals surface area contributed by atoms with Crippen LogP contribution in [0.2, 0.25) is 0 Å². The maximum Gasteiger partial charge on any atom is 0.0138 e. The van der Waals surface area contributed by atoms with Gasteiger partial charge in [-0.15, -0.1) is 0 Å². The predicted octanol–water partition coefficient (Wildman–Crippen LogP) is 1.85. The number of nitrogens with one attached hydrogen (secondary N) is 1. The molecule has 0 radical (unpaired) electrons. The quantitative estimate of drug-likeness (QED) is 0.567. The molecule has 3 N–H and O–H groups in total. The molecule has 72 valence electrons. The predicted molar refractivity (Wildman–Crippen MR) is 59.8 cm³/mol. The third kappa shape index (κ3) is 1.92. The monoisotopic (exact) mass is 186 g/mol. The van der Waals surface area contributed by atoms with Gasteiger partial charge in [-0.1, -0.05) is 42.5 Å². The van der Waals surface area contributed by atoms with Crippen molar-refractivity contribution in [1.82, 2.24) is 5.43 Å². The molecule has 0 saturated heterocycles. The van der Waals surface area contributed by atoms with E-state index in [1.54, 1.807) is 0 Å². The van der Waals surface area contributed by atoms with Crippen molar-refractivity contribution in [1.29, 1.82) is 0 Å². The molecule has 0 amide bonds. The van der Waals surface area contributed by atoms with E-state index in [-0.39, 0.29) is 0 Å². The molecule has 0 aliphatic carbocycles. The highest BCUT2D eigenvalue weighted by molar-refractivity contribution is 5.82. The van der Waals surface area contributed by atoms with Gasteiger partial charge in [0.2, 0.25) is 0 Å². The first kappa shape index (κ1) is 9.19. The molecule has 0 fully saturated rings. The van der Waals surface area contributed by atoms with Crippen LogP contribution in [-0.2, 0) is 6.42 Å². The van der Waals surface area contributed by atoms with Crippen molar-refractivity contribution in [2.45, 2.75) is 6.42 Å². The standard InChI is InChI=1S/C12H14N2/c13-14-8-7-10-5-6-11-3-1-2-4-12(11)9-10/h1-6,9,14H,7-8,13H2. The van der Waals surface area contributed by atoms with E-state index >= 15 is 0 Å². The highest BCUT2D eigenvalue weighted by atomic mass is 15.2. The van der Waals surface area contributed by atoms with Crippen LogP contribution < -0.4 is 11.3 Å². The van der Waals surface area contributed by atoms with Gasteiger partial charge >= 0.3 is 0 Å². The Hall–Kier alpha value is -1.38. The lowest BCUT2D eigenvalue weighted by Crippen LogP contribution is -2.24. The van der Waals surface area contributed by atoms with Gasteiger partial charge in [0.15, 0.2) is 0 Å². The maximum absolute atomic E-state index is 5.24. The summed E-state index contributed by atoms with van der Waals surface area (Å²) in [5.41, 5.74) is 3.99. The lowest BCUT2D eigenvalue weighted by molar-refractivity contribution is 0.729. The van der Waals surface area contributed by atoms with E-state index < -0.39 is 0 Å². The van der Waals surface area contributed by atoms with E-state index in [1.807, 2.05) is 0 Å². The Morgan fingerprint density at radius 1 is 1.00 bits per heavy atom. The van der Waals surface area contributed by atoms with Gasteiger partial charge in [-0.2, -0.15) is 0 Å². The summed E-state index contributed by atoms with van der Waals surface area (Å²) in [6.07, 6.45) is 0.974. The fourth-order valence-corrected chi connectivity index (χ4v) is 1.61. The molecule has 0 spiro atoms. The lowest BCUT2D eigenvalue weighted by atomic mass is 10.1. The van der Waals surface area contributed by atoms with E-state index in [9.17, 15) is 0 Å². The second-order valence-electron chi connectivity index (χ2n) is 3.39. The molecule has 14 heavy (non-hydrogen) atoms. The Morgan fingerprint density at radius 3 is 2.57 bits per heavy atom. The molecule has 2 aromatic carbocycles. The Balaban J connectivity index is 2.32. The first-order valence-corrected chi connectivity index (χ1v) is 4.81. The number of hydrazine groups is 1. The Kier molecular flexibility index (Phi) is 2.77. The first-order chi connectivity index (χ1) is 6.90. The zero-order valence-electron chi connectivity index (χ0n) is 8.03. The molecule has 0 atom stereocenters. The molecule has 0 aromatic heterocycles. The highest BCUT2D eigenvalue weighted by Gasteiger charge is 1.95. The van der Waals surface area contributed by atoms with E-state index in [1.165, 1.54) is 16.3 Å². The third-order valence-corrected chi connectivity index (χ3v) is 2.37. The van der Waals surface area contributed by atoms with Crippen molar-refractivity contribution in [2.24, 2.45) is 5.84 Å². The van der Waals surface area contributed by atoms with Crippen LogP contribution in [0.1, 0.15) is 5.56 Å². The number of rotatable bonds is 3.